The maximum atomic E-state index is 13.9. The van der Waals surface area contributed by atoms with Crippen molar-refractivity contribution in [3.63, 3.8) is 0 Å². The second-order valence-electron chi connectivity index (χ2n) is 11.6. The van der Waals surface area contributed by atoms with Crippen LogP contribution < -0.4 is 0 Å². The highest BCUT2D eigenvalue weighted by Crippen LogP contribution is 2.45. The number of ether oxygens (including phenoxy) is 3. The molecule has 0 saturated carbocycles. The number of thiophene rings is 1. The van der Waals surface area contributed by atoms with E-state index in [-0.39, 0.29) is 31.7 Å². The first-order valence-corrected chi connectivity index (χ1v) is 15.1. The Morgan fingerprint density at radius 3 is 2.16 bits per heavy atom. The van der Waals surface area contributed by atoms with Gasteiger partial charge in [0.2, 0.25) is 0 Å². The van der Waals surface area contributed by atoms with Gasteiger partial charge in [-0.2, -0.15) is 0 Å². The van der Waals surface area contributed by atoms with Crippen molar-refractivity contribution < 1.29 is 32.2 Å². The number of carbonyl (C=O) groups is 2. The second-order valence-corrected chi connectivity index (χ2v) is 15.1. The second kappa shape index (κ2) is 11.4. The Morgan fingerprint density at radius 1 is 0.947 bits per heavy atom. The van der Waals surface area contributed by atoms with Gasteiger partial charge in [-0.05, 0) is 71.2 Å². The van der Waals surface area contributed by atoms with E-state index in [1.54, 1.807) is 54.7 Å². The highest BCUT2D eigenvalue weighted by atomic mass is 32.2. The molecule has 0 bridgehead atoms. The Morgan fingerprint density at radius 2 is 1.58 bits per heavy atom. The number of esters is 1. The van der Waals surface area contributed by atoms with E-state index in [0.717, 1.165) is 16.0 Å². The molecule has 0 N–H and O–H groups in total. The molecule has 1 atom stereocenters. The van der Waals surface area contributed by atoms with E-state index in [9.17, 15) is 18.0 Å². The van der Waals surface area contributed by atoms with Crippen LogP contribution in [0, 0.1) is 0 Å². The van der Waals surface area contributed by atoms with Gasteiger partial charge in [-0.15, -0.1) is 11.3 Å². The summed E-state index contributed by atoms with van der Waals surface area (Å²) in [6, 6.07) is 11.5. The van der Waals surface area contributed by atoms with Gasteiger partial charge in [-0.3, -0.25) is 4.79 Å². The van der Waals surface area contributed by atoms with Crippen molar-refractivity contribution in [2.24, 2.45) is 0 Å². The lowest BCUT2D eigenvalue weighted by Gasteiger charge is -2.32. The molecule has 3 rings (SSSR count). The van der Waals surface area contributed by atoms with Crippen LogP contribution in [-0.2, 0) is 40.2 Å². The molecule has 1 saturated heterocycles. The summed E-state index contributed by atoms with van der Waals surface area (Å²) >= 11 is 1.35. The number of nitrogens with zero attached hydrogens (tertiary/aromatic N) is 1. The lowest BCUT2D eigenvalue weighted by Crippen LogP contribution is -2.40. The van der Waals surface area contributed by atoms with E-state index in [1.807, 2.05) is 30.3 Å². The molecule has 10 heteroatoms. The first-order chi connectivity index (χ1) is 17.6. The fourth-order valence-corrected chi connectivity index (χ4v) is 7.96. The number of rotatable bonds is 6. The molecule has 2 aromatic rings. The zero-order chi connectivity index (χ0) is 28.4. The smallest absolute Gasteiger partial charge is 0.410 e. The van der Waals surface area contributed by atoms with Gasteiger partial charge in [0, 0.05) is 30.0 Å². The van der Waals surface area contributed by atoms with Crippen molar-refractivity contribution in [1.29, 1.82) is 0 Å². The van der Waals surface area contributed by atoms with Gasteiger partial charge in [0.1, 0.15) is 15.9 Å². The molecule has 1 aromatic carbocycles. The van der Waals surface area contributed by atoms with Crippen LogP contribution in [0.4, 0.5) is 4.79 Å². The van der Waals surface area contributed by atoms with Crippen LogP contribution in [0.15, 0.2) is 36.4 Å². The van der Waals surface area contributed by atoms with Crippen molar-refractivity contribution in [2.75, 3.05) is 26.0 Å². The normalized spacial score (nSPS) is 20.0. The molecule has 0 aliphatic carbocycles. The third-order valence-corrected chi connectivity index (χ3v) is 10.1. The Kier molecular flexibility index (Phi) is 9.00. The molecule has 38 heavy (non-hydrogen) atoms. The molecule has 1 aliphatic heterocycles. The minimum atomic E-state index is -3.87. The van der Waals surface area contributed by atoms with E-state index < -0.39 is 37.8 Å². The minimum Gasteiger partial charge on any atom is -0.460 e. The van der Waals surface area contributed by atoms with E-state index in [2.05, 4.69) is 0 Å². The summed E-state index contributed by atoms with van der Waals surface area (Å²) in [4.78, 5) is 28.8. The molecule has 1 aliphatic rings. The third kappa shape index (κ3) is 7.36. The number of hydrogen-bond acceptors (Lipinski definition) is 8. The first-order valence-electron chi connectivity index (χ1n) is 12.7. The van der Waals surface area contributed by atoms with Gasteiger partial charge in [0.25, 0.3) is 0 Å². The SMILES string of the molecule is COCc1ccc(-c2ccc(C3(CC(=O)OC(C)(C)C)CCN(C(=O)OC(C)(C)C)CCS3(=O)=O)s2)cc1. The van der Waals surface area contributed by atoms with Crippen LogP contribution in [0.5, 0.6) is 0 Å². The maximum Gasteiger partial charge on any atom is 0.410 e. The number of hydrogen-bond donors (Lipinski definition) is 0. The standard InChI is InChI=1S/C28H39NO7S2/c1-26(2,3)35-24(30)18-28(14-15-29(16-17-38(28,32)33)25(31)36-27(4,5)6)23-13-12-22(37-23)21-10-8-20(9-11-21)19-34-7/h8-13H,14-19H2,1-7H3. The Hall–Kier alpha value is -2.43. The quantitative estimate of drug-likeness (QED) is 0.424. The van der Waals surface area contributed by atoms with Crippen LogP contribution in [0.1, 0.15) is 64.8 Å². The highest BCUT2D eigenvalue weighted by Gasteiger charge is 2.51. The molecular weight excluding hydrogens is 526 g/mol. The van der Waals surface area contributed by atoms with Gasteiger partial charge >= 0.3 is 12.1 Å². The number of methoxy groups -OCH3 is 1. The predicted octanol–water partition coefficient (Wildman–Crippen LogP) is 5.54. The highest BCUT2D eigenvalue weighted by molar-refractivity contribution is 7.92. The van der Waals surface area contributed by atoms with E-state index in [4.69, 9.17) is 14.2 Å². The van der Waals surface area contributed by atoms with Crippen molar-refractivity contribution in [1.82, 2.24) is 4.90 Å². The molecular formula is C28H39NO7S2. The van der Waals surface area contributed by atoms with Crippen LogP contribution >= 0.6 is 11.3 Å². The predicted molar refractivity (Wildman–Crippen MR) is 149 cm³/mol. The third-order valence-electron chi connectivity index (χ3n) is 6.12. The van der Waals surface area contributed by atoms with Crippen LogP contribution in [0.3, 0.4) is 0 Å². The molecule has 1 unspecified atom stereocenters. The summed E-state index contributed by atoms with van der Waals surface area (Å²) in [5.74, 6) is -0.876. The summed E-state index contributed by atoms with van der Waals surface area (Å²) in [5.41, 5.74) is 0.495. The zero-order valence-electron chi connectivity index (χ0n) is 23.3. The molecule has 210 valence electrons. The average Bonchev–Trinajstić information content (AvgIpc) is 3.22. The zero-order valence-corrected chi connectivity index (χ0v) is 25.0. The summed E-state index contributed by atoms with van der Waals surface area (Å²) in [5, 5.41) is 0. The fourth-order valence-electron chi connectivity index (χ4n) is 4.36. The van der Waals surface area contributed by atoms with Crippen LogP contribution in [-0.4, -0.2) is 62.5 Å². The van der Waals surface area contributed by atoms with Crippen molar-refractivity contribution in [3.8, 4) is 10.4 Å². The maximum absolute atomic E-state index is 13.9. The van der Waals surface area contributed by atoms with E-state index >= 15 is 0 Å². The lowest BCUT2D eigenvalue weighted by atomic mass is 9.97. The Balaban J connectivity index is 2.01. The molecule has 2 heterocycles. The number of sulfone groups is 1. The molecule has 8 nitrogen and oxygen atoms in total. The number of amides is 1. The topological polar surface area (TPSA) is 99.2 Å². The lowest BCUT2D eigenvalue weighted by molar-refractivity contribution is -0.155. The van der Waals surface area contributed by atoms with Gasteiger partial charge in [-0.25, -0.2) is 13.2 Å². The van der Waals surface area contributed by atoms with Crippen LogP contribution in [0.2, 0.25) is 0 Å². The van der Waals surface area contributed by atoms with E-state index in [0.29, 0.717) is 11.5 Å². The summed E-state index contributed by atoms with van der Waals surface area (Å²) in [6.07, 6.45) is -0.842. The largest absolute Gasteiger partial charge is 0.460 e. The number of carbonyl (C=O) groups excluding carboxylic acids is 2. The van der Waals surface area contributed by atoms with Gasteiger partial charge < -0.3 is 19.1 Å². The van der Waals surface area contributed by atoms with Gasteiger partial charge in [0.05, 0.1) is 18.8 Å². The van der Waals surface area contributed by atoms with Gasteiger partial charge in [0.15, 0.2) is 9.84 Å². The Labute approximate surface area is 230 Å². The van der Waals surface area contributed by atoms with Crippen LogP contribution in [0.25, 0.3) is 10.4 Å². The van der Waals surface area contributed by atoms with Gasteiger partial charge in [-0.1, -0.05) is 24.3 Å². The summed E-state index contributed by atoms with van der Waals surface area (Å²) in [7, 11) is -2.24. The molecule has 0 spiro atoms. The molecule has 1 aromatic heterocycles. The summed E-state index contributed by atoms with van der Waals surface area (Å²) in [6.45, 7) is 11.2. The monoisotopic (exact) mass is 565 g/mol. The van der Waals surface area contributed by atoms with Crippen molar-refractivity contribution in [3.05, 3.63) is 46.8 Å². The average molecular weight is 566 g/mol. The molecule has 1 fully saturated rings. The first kappa shape index (κ1) is 30.1. The molecule has 0 radical (unpaired) electrons. The molecule has 1 amide bonds. The fraction of sp³-hybridized carbons (Fsp3) is 0.571. The van der Waals surface area contributed by atoms with Crippen molar-refractivity contribution >= 4 is 33.2 Å². The summed E-state index contributed by atoms with van der Waals surface area (Å²) < 4.78 is 42.6. The number of benzene rings is 1. The Bertz CT molecular complexity index is 1240. The minimum absolute atomic E-state index is 0.00743. The van der Waals surface area contributed by atoms with E-state index in [1.165, 1.54) is 16.2 Å². The van der Waals surface area contributed by atoms with Crippen molar-refractivity contribution in [2.45, 2.75) is 76.9 Å².